The molecule has 0 saturated heterocycles. The van der Waals surface area contributed by atoms with Gasteiger partial charge in [-0.05, 0) is 84.5 Å². The first-order chi connectivity index (χ1) is 19.0. The molecule has 0 heterocycles. The van der Waals surface area contributed by atoms with E-state index >= 15 is 0 Å². The smallest absolute Gasteiger partial charge is 0.261 e. The molecule has 2 aromatic carbocycles. The first-order valence-electron chi connectivity index (χ1n) is 15.6. The Morgan fingerprint density at radius 3 is 2.17 bits per heavy atom. The lowest BCUT2D eigenvalue weighted by molar-refractivity contribution is -0.125. The number of carbonyl (C=O) groups excluding carboxylic acids is 1. The third-order valence-corrected chi connectivity index (χ3v) is 15.4. The van der Waals surface area contributed by atoms with Crippen LogP contribution in [0.1, 0.15) is 92.9 Å². The molecule has 2 aliphatic rings. The van der Waals surface area contributed by atoms with Crippen LogP contribution in [-0.2, 0) is 9.22 Å². The van der Waals surface area contributed by atoms with Gasteiger partial charge in [0, 0.05) is 12.0 Å². The van der Waals surface area contributed by atoms with Gasteiger partial charge in [0.25, 0.3) is 8.32 Å². The van der Waals surface area contributed by atoms with E-state index in [1.54, 1.807) is 5.57 Å². The Morgan fingerprint density at radius 1 is 1.05 bits per heavy atom. The normalized spacial score (nSPS) is 27.0. The fourth-order valence-electron chi connectivity index (χ4n) is 8.10. The molecule has 2 aliphatic carbocycles. The molecule has 2 nitrogen and oxygen atoms in total. The molecule has 216 valence electrons. The number of hydrogen-bond acceptors (Lipinski definition) is 2. The minimum atomic E-state index is -2.64. The van der Waals surface area contributed by atoms with Crippen molar-refractivity contribution >= 4 is 25.0 Å². The van der Waals surface area contributed by atoms with E-state index in [0.29, 0.717) is 18.4 Å². The Kier molecular flexibility index (Phi) is 9.47. The van der Waals surface area contributed by atoms with Crippen LogP contribution in [0.2, 0.25) is 5.04 Å². The largest absolute Gasteiger partial charge is 0.407 e. The zero-order valence-electron chi connectivity index (χ0n) is 26.0. The summed E-state index contributed by atoms with van der Waals surface area (Å²) in [7, 11) is -2.64. The van der Waals surface area contributed by atoms with Gasteiger partial charge in [0.05, 0.1) is 0 Å². The summed E-state index contributed by atoms with van der Waals surface area (Å²) in [6.07, 6.45) is 12.6. The summed E-state index contributed by atoms with van der Waals surface area (Å²) in [5.74, 6) is 0.638. The van der Waals surface area contributed by atoms with Crippen molar-refractivity contribution in [1.29, 1.82) is 0 Å². The second-order valence-electron chi connectivity index (χ2n) is 14.1. The van der Waals surface area contributed by atoms with E-state index in [2.05, 4.69) is 115 Å². The van der Waals surface area contributed by atoms with Gasteiger partial charge in [0.2, 0.25) is 0 Å². The number of allylic oxidation sites excluding steroid dienone is 3. The van der Waals surface area contributed by atoms with E-state index in [1.807, 2.05) is 0 Å². The second kappa shape index (κ2) is 12.3. The van der Waals surface area contributed by atoms with Crippen LogP contribution in [-0.4, -0.2) is 21.2 Å². The average molecular weight is 557 g/mol. The first-order valence-corrected chi connectivity index (χ1v) is 17.5. The molecule has 0 amide bonds. The summed E-state index contributed by atoms with van der Waals surface area (Å²) >= 11 is 0. The fourth-order valence-corrected chi connectivity index (χ4v) is 12.7. The van der Waals surface area contributed by atoms with Crippen LogP contribution >= 0.6 is 0 Å². The molecule has 1 fully saturated rings. The van der Waals surface area contributed by atoms with Crippen molar-refractivity contribution in [3.63, 3.8) is 0 Å². The highest BCUT2D eigenvalue weighted by Crippen LogP contribution is 2.58. The number of rotatable bonds is 11. The van der Waals surface area contributed by atoms with Crippen molar-refractivity contribution < 1.29 is 9.22 Å². The molecule has 4 unspecified atom stereocenters. The summed E-state index contributed by atoms with van der Waals surface area (Å²) in [6.45, 7) is 18.6. The lowest BCUT2D eigenvalue weighted by Gasteiger charge is -2.53. The van der Waals surface area contributed by atoms with Gasteiger partial charge in [-0.2, -0.15) is 0 Å². The third-order valence-electron chi connectivity index (χ3n) is 10.4. The molecule has 4 atom stereocenters. The van der Waals surface area contributed by atoms with E-state index in [9.17, 15) is 4.79 Å². The maximum absolute atomic E-state index is 13.3. The van der Waals surface area contributed by atoms with Crippen molar-refractivity contribution in [1.82, 2.24) is 0 Å². The van der Waals surface area contributed by atoms with Gasteiger partial charge >= 0.3 is 0 Å². The minimum Gasteiger partial charge on any atom is -0.407 e. The van der Waals surface area contributed by atoms with Gasteiger partial charge in [-0.1, -0.05) is 119 Å². The van der Waals surface area contributed by atoms with Crippen LogP contribution in [0, 0.1) is 22.7 Å². The Bertz CT molecular complexity index is 1140. The van der Waals surface area contributed by atoms with Crippen molar-refractivity contribution in [2.24, 2.45) is 22.7 Å². The van der Waals surface area contributed by atoms with E-state index in [4.69, 9.17) is 4.43 Å². The summed E-state index contributed by atoms with van der Waals surface area (Å²) in [4.78, 5) is 13.3. The second-order valence-corrected chi connectivity index (χ2v) is 18.4. The number of fused-ring (bicyclic) bond motifs is 1. The van der Waals surface area contributed by atoms with E-state index in [0.717, 1.165) is 25.7 Å². The SMILES string of the molecule is C=C(C)CCCC1(C)CCCC2C1=CCC(C)C2(C=O)CCO[Si](c1ccccc1)(c1ccccc1)C(C)(C)C. The summed E-state index contributed by atoms with van der Waals surface area (Å²) in [5.41, 5.74) is 2.65. The molecule has 4 rings (SSSR count). The Morgan fingerprint density at radius 2 is 1.65 bits per heavy atom. The molecular formula is C37H52O2Si. The predicted octanol–water partition coefficient (Wildman–Crippen LogP) is 8.66. The van der Waals surface area contributed by atoms with E-state index in [-0.39, 0.29) is 15.9 Å². The van der Waals surface area contributed by atoms with Crippen LogP contribution in [0.5, 0.6) is 0 Å². The maximum atomic E-state index is 13.3. The first kappa shape index (κ1) is 30.7. The molecule has 0 spiro atoms. The molecular weight excluding hydrogens is 504 g/mol. The van der Waals surface area contributed by atoms with Gasteiger partial charge in [0.15, 0.2) is 0 Å². The number of hydrogen-bond donors (Lipinski definition) is 0. The number of carbonyl (C=O) groups is 1. The number of benzene rings is 2. The highest BCUT2D eigenvalue weighted by Gasteiger charge is 2.54. The average Bonchev–Trinajstić information content (AvgIpc) is 2.92. The standard InChI is InChI=1S/C37H52O2Si/c1-29(2)16-14-24-36(7)25-15-21-34-33(36)23-22-30(3)37(34,28-38)26-27-39-40(35(4,5)6,31-17-10-8-11-18-31)32-19-12-9-13-20-32/h8-13,17-20,23,28,30,34H,1,14-16,21-22,24-27H2,2-7H3. The zero-order chi connectivity index (χ0) is 29.0. The summed E-state index contributed by atoms with van der Waals surface area (Å²) in [6, 6.07) is 21.7. The van der Waals surface area contributed by atoms with E-state index < -0.39 is 8.32 Å². The summed E-state index contributed by atoms with van der Waals surface area (Å²) < 4.78 is 7.32. The van der Waals surface area contributed by atoms with Crippen molar-refractivity contribution in [2.75, 3.05) is 6.61 Å². The zero-order valence-corrected chi connectivity index (χ0v) is 27.0. The van der Waals surface area contributed by atoms with Gasteiger partial charge in [-0.3, -0.25) is 0 Å². The Hall–Kier alpha value is -2.23. The van der Waals surface area contributed by atoms with Crippen LogP contribution in [0.3, 0.4) is 0 Å². The van der Waals surface area contributed by atoms with Crippen LogP contribution < -0.4 is 10.4 Å². The maximum Gasteiger partial charge on any atom is 0.261 e. The quantitative estimate of drug-likeness (QED) is 0.157. The lowest BCUT2D eigenvalue weighted by Crippen LogP contribution is -2.66. The van der Waals surface area contributed by atoms with E-state index in [1.165, 1.54) is 47.9 Å². The van der Waals surface area contributed by atoms with Crippen molar-refractivity contribution in [3.05, 3.63) is 84.5 Å². The molecule has 0 aromatic heterocycles. The molecule has 0 aliphatic heterocycles. The van der Waals surface area contributed by atoms with Crippen molar-refractivity contribution in [2.45, 2.75) is 97.9 Å². The van der Waals surface area contributed by atoms with Gasteiger partial charge in [-0.25, -0.2) is 0 Å². The predicted molar refractivity (Wildman–Crippen MR) is 173 cm³/mol. The molecule has 40 heavy (non-hydrogen) atoms. The van der Waals surface area contributed by atoms with Crippen molar-refractivity contribution in [3.8, 4) is 0 Å². The highest BCUT2D eigenvalue weighted by molar-refractivity contribution is 6.99. The highest BCUT2D eigenvalue weighted by atomic mass is 28.4. The minimum absolute atomic E-state index is 0.0695. The Labute approximate surface area is 245 Å². The van der Waals surface area contributed by atoms with Crippen LogP contribution in [0.15, 0.2) is 84.5 Å². The topological polar surface area (TPSA) is 26.3 Å². The summed E-state index contributed by atoms with van der Waals surface area (Å²) in [5, 5.41) is 2.53. The molecule has 3 heteroatoms. The van der Waals surface area contributed by atoms with Gasteiger partial charge < -0.3 is 9.22 Å². The monoisotopic (exact) mass is 556 g/mol. The fraction of sp³-hybridized carbons (Fsp3) is 0.541. The van der Waals surface area contributed by atoms with Crippen LogP contribution in [0.25, 0.3) is 0 Å². The molecule has 0 radical (unpaired) electrons. The Balaban J connectivity index is 1.65. The lowest BCUT2D eigenvalue weighted by atomic mass is 9.51. The molecule has 2 aromatic rings. The van der Waals surface area contributed by atoms with Gasteiger partial charge in [0.1, 0.15) is 6.29 Å². The molecule has 0 bridgehead atoms. The molecule has 0 N–H and O–H groups in total. The van der Waals surface area contributed by atoms with Crippen LogP contribution in [0.4, 0.5) is 0 Å². The molecule has 1 saturated carbocycles. The van der Waals surface area contributed by atoms with Gasteiger partial charge in [-0.15, -0.1) is 6.58 Å². The third kappa shape index (κ3) is 5.74. The number of aldehydes is 1.